The molecule has 1 aromatic rings. The normalized spacial score (nSPS) is 14.9. The van der Waals surface area contributed by atoms with Gasteiger partial charge in [-0.2, -0.15) is 0 Å². The number of ether oxygens (including phenoxy) is 1. The Morgan fingerprint density at radius 1 is 1.18 bits per heavy atom. The fourth-order valence-corrected chi connectivity index (χ4v) is 2.05. The standard InChI is InChI=1S/C14H22BrNO/c1-10(2)14(9-17-4)16-11(3)12-5-7-13(15)8-6-12/h5-8,10-11,14,16H,9H2,1-4H3. The number of methoxy groups -OCH3 is 1. The largest absolute Gasteiger partial charge is 0.383 e. The third kappa shape index (κ3) is 4.78. The first-order valence-electron chi connectivity index (χ1n) is 6.05. The van der Waals surface area contributed by atoms with Gasteiger partial charge in [0.1, 0.15) is 0 Å². The molecule has 0 bridgehead atoms. The lowest BCUT2D eigenvalue weighted by Crippen LogP contribution is -2.39. The van der Waals surface area contributed by atoms with Crippen LogP contribution in [0, 0.1) is 5.92 Å². The smallest absolute Gasteiger partial charge is 0.0618 e. The zero-order valence-electron chi connectivity index (χ0n) is 11.0. The Labute approximate surface area is 113 Å². The highest BCUT2D eigenvalue weighted by molar-refractivity contribution is 9.10. The van der Waals surface area contributed by atoms with E-state index in [9.17, 15) is 0 Å². The summed E-state index contributed by atoms with van der Waals surface area (Å²) < 4.78 is 6.37. The van der Waals surface area contributed by atoms with Gasteiger partial charge in [-0.05, 0) is 30.5 Å². The quantitative estimate of drug-likeness (QED) is 0.863. The molecule has 1 aromatic carbocycles. The Hall–Kier alpha value is -0.380. The van der Waals surface area contributed by atoms with Gasteiger partial charge in [0.25, 0.3) is 0 Å². The van der Waals surface area contributed by atoms with Gasteiger partial charge in [-0.1, -0.05) is 41.9 Å². The molecule has 0 aliphatic heterocycles. The van der Waals surface area contributed by atoms with Crippen LogP contribution in [0.2, 0.25) is 0 Å². The van der Waals surface area contributed by atoms with E-state index in [0.717, 1.165) is 11.1 Å². The highest BCUT2D eigenvalue weighted by Gasteiger charge is 2.16. The maximum absolute atomic E-state index is 5.25. The minimum absolute atomic E-state index is 0.339. The van der Waals surface area contributed by atoms with Crippen molar-refractivity contribution < 1.29 is 4.74 Å². The van der Waals surface area contributed by atoms with Gasteiger partial charge in [0, 0.05) is 23.7 Å². The maximum Gasteiger partial charge on any atom is 0.0618 e. The van der Waals surface area contributed by atoms with Crippen LogP contribution in [0.3, 0.4) is 0 Å². The van der Waals surface area contributed by atoms with Crippen molar-refractivity contribution in [3.63, 3.8) is 0 Å². The van der Waals surface area contributed by atoms with E-state index in [1.54, 1.807) is 7.11 Å². The van der Waals surface area contributed by atoms with Gasteiger partial charge in [-0.15, -0.1) is 0 Å². The van der Waals surface area contributed by atoms with Gasteiger partial charge in [-0.25, -0.2) is 0 Å². The third-order valence-electron chi connectivity index (χ3n) is 2.99. The molecule has 0 spiro atoms. The van der Waals surface area contributed by atoms with Crippen LogP contribution in [0.4, 0.5) is 0 Å². The van der Waals surface area contributed by atoms with Crippen molar-refractivity contribution in [2.45, 2.75) is 32.9 Å². The van der Waals surface area contributed by atoms with E-state index in [2.05, 4.69) is 66.3 Å². The minimum atomic E-state index is 0.339. The maximum atomic E-state index is 5.25. The highest BCUT2D eigenvalue weighted by atomic mass is 79.9. The molecule has 0 heterocycles. The van der Waals surface area contributed by atoms with Crippen molar-refractivity contribution in [3.05, 3.63) is 34.3 Å². The molecule has 0 saturated carbocycles. The molecule has 1 rings (SSSR count). The fraction of sp³-hybridized carbons (Fsp3) is 0.571. The molecule has 3 heteroatoms. The number of hydrogen-bond donors (Lipinski definition) is 1. The Morgan fingerprint density at radius 3 is 2.24 bits per heavy atom. The first kappa shape index (κ1) is 14.7. The monoisotopic (exact) mass is 299 g/mol. The molecule has 96 valence electrons. The van der Waals surface area contributed by atoms with Gasteiger partial charge in [0.2, 0.25) is 0 Å². The number of halogens is 1. The minimum Gasteiger partial charge on any atom is -0.383 e. The summed E-state index contributed by atoms with van der Waals surface area (Å²) in [5.74, 6) is 0.563. The molecule has 0 saturated heterocycles. The Balaban J connectivity index is 2.63. The predicted octanol–water partition coefficient (Wildman–Crippen LogP) is 3.77. The Morgan fingerprint density at radius 2 is 1.76 bits per heavy atom. The first-order chi connectivity index (χ1) is 8.04. The van der Waals surface area contributed by atoms with Crippen molar-refractivity contribution in [2.75, 3.05) is 13.7 Å². The van der Waals surface area contributed by atoms with Gasteiger partial charge in [-0.3, -0.25) is 0 Å². The van der Waals surface area contributed by atoms with Crippen LogP contribution in [0.15, 0.2) is 28.7 Å². The van der Waals surface area contributed by atoms with Gasteiger partial charge < -0.3 is 10.1 Å². The van der Waals surface area contributed by atoms with Crippen LogP contribution in [-0.2, 0) is 4.74 Å². The molecule has 17 heavy (non-hydrogen) atoms. The molecule has 0 amide bonds. The lowest BCUT2D eigenvalue weighted by atomic mass is 10.0. The highest BCUT2D eigenvalue weighted by Crippen LogP contribution is 2.18. The van der Waals surface area contributed by atoms with Crippen molar-refractivity contribution in [2.24, 2.45) is 5.92 Å². The molecular formula is C14H22BrNO. The molecule has 0 aliphatic carbocycles. The molecule has 2 nitrogen and oxygen atoms in total. The van der Waals surface area contributed by atoms with Gasteiger partial charge in [0.05, 0.1) is 6.61 Å². The molecule has 0 aromatic heterocycles. The van der Waals surface area contributed by atoms with Crippen LogP contribution in [0.1, 0.15) is 32.4 Å². The van der Waals surface area contributed by atoms with Crippen molar-refractivity contribution in [3.8, 4) is 0 Å². The zero-order valence-corrected chi connectivity index (χ0v) is 12.6. The Kier molecular flexibility index (Phi) is 6.17. The van der Waals surface area contributed by atoms with E-state index >= 15 is 0 Å². The van der Waals surface area contributed by atoms with Crippen LogP contribution >= 0.6 is 15.9 Å². The summed E-state index contributed by atoms with van der Waals surface area (Å²) in [5.41, 5.74) is 1.30. The van der Waals surface area contributed by atoms with E-state index < -0.39 is 0 Å². The van der Waals surface area contributed by atoms with Gasteiger partial charge in [0.15, 0.2) is 0 Å². The second-order valence-corrected chi connectivity index (χ2v) is 5.66. The molecule has 2 atom stereocenters. The van der Waals surface area contributed by atoms with Crippen LogP contribution in [0.5, 0.6) is 0 Å². The number of hydrogen-bond acceptors (Lipinski definition) is 2. The summed E-state index contributed by atoms with van der Waals surface area (Å²) in [6, 6.07) is 9.17. The lowest BCUT2D eigenvalue weighted by Gasteiger charge is -2.26. The average molecular weight is 300 g/mol. The second kappa shape index (κ2) is 7.14. The lowest BCUT2D eigenvalue weighted by molar-refractivity contribution is 0.141. The SMILES string of the molecule is COCC(NC(C)c1ccc(Br)cc1)C(C)C. The summed E-state index contributed by atoms with van der Waals surface area (Å²) in [6.07, 6.45) is 0. The topological polar surface area (TPSA) is 21.3 Å². The number of benzene rings is 1. The number of rotatable bonds is 6. The Bertz CT molecular complexity index is 323. The summed E-state index contributed by atoms with van der Waals surface area (Å²) in [6.45, 7) is 7.36. The second-order valence-electron chi connectivity index (χ2n) is 4.75. The summed E-state index contributed by atoms with van der Waals surface area (Å²) >= 11 is 3.45. The van der Waals surface area contributed by atoms with E-state index in [0.29, 0.717) is 18.0 Å². The van der Waals surface area contributed by atoms with E-state index in [1.165, 1.54) is 5.56 Å². The van der Waals surface area contributed by atoms with Gasteiger partial charge >= 0.3 is 0 Å². The first-order valence-corrected chi connectivity index (χ1v) is 6.84. The fourth-order valence-electron chi connectivity index (χ4n) is 1.78. The molecule has 0 fully saturated rings. The van der Waals surface area contributed by atoms with E-state index in [1.807, 2.05) is 0 Å². The van der Waals surface area contributed by atoms with E-state index in [4.69, 9.17) is 4.74 Å². The van der Waals surface area contributed by atoms with Crippen molar-refractivity contribution in [1.82, 2.24) is 5.32 Å². The summed E-state index contributed by atoms with van der Waals surface area (Å²) in [5, 5.41) is 3.61. The van der Waals surface area contributed by atoms with E-state index in [-0.39, 0.29) is 0 Å². The van der Waals surface area contributed by atoms with Crippen LogP contribution in [-0.4, -0.2) is 19.8 Å². The molecular weight excluding hydrogens is 278 g/mol. The average Bonchev–Trinajstić information content (AvgIpc) is 2.29. The van der Waals surface area contributed by atoms with Crippen molar-refractivity contribution in [1.29, 1.82) is 0 Å². The van der Waals surface area contributed by atoms with Crippen molar-refractivity contribution >= 4 is 15.9 Å². The van der Waals surface area contributed by atoms with Crippen LogP contribution in [0.25, 0.3) is 0 Å². The summed E-state index contributed by atoms with van der Waals surface area (Å²) in [7, 11) is 1.75. The number of nitrogens with one attached hydrogen (secondary N) is 1. The third-order valence-corrected chi connectivity index (χ3v) is 3.51. The predicted molar refractivity (Wildman–Crippen MR) is 76.2 cm³/mol. The molecule has 0 radical (unpaired) electrons. The zero-order chi connectivity index (χ0) is 12.8. The molecule has 2 unspecified atom stereocenters. The van der Waals surface area contributed by atoms with Crippen LogP contribution < -0.4 is 5.32 Å². The molecule has 0 aliphatic rings. The molecule has 1 N–H and O–H groups in total. The summed E-state index contributed by atoms with van der Waals surface area (Å²) in [4.78, 5) is 0.